The number of hydrogen-bond acceptors (Lipinski definition) is 5. The van der Waals surface area contributed by atoms with Crippen LogP contribution in [0.15, 0.2) is 82.3 Å². The Morgan fingerprint density at radius 3 is 2.57 bits per heavy atom. The second-order valence-corrected chi connectivity index (χ2v) is 9.15. The molecule has 3 rings (SSSR count). The van der Waals surface area contributed by atoms with E-state index in [1.54, 1.807) is 12.0 Å². The molecule has 0 atom stereocenters. The minimum atomic E-state index is -0.506. The first kappa shape index (κ1) is 25.7. The third kappa shape index (κ3) is 8.14. The fourth-order valence-corrected chi connectivity index (χ4v) is 3.46. The van der Waals surface area contributed by atoms with Crippen molar-refractivity contribution in [1.29, 1.82) is 0 Å². The molecule has 0 spiro atoms. The van der Waals surface area contributed by atoms with Gasteiger partial charge in [-0.1, -0.05) is 42.5 Å². The summed E-state index contributed by atoms with van der Waals surface area (Å²) in [6.07, 6.45) is 4.39. The van der Waals surface area contributed by atoms with E-state index < -0.39 is 5.60 Å². The number of anilines is 1. The highest BCUT2D eigenvalue weighted by Crippen LogP contribution is 2.20. The van der Waals surface area contributed by atoms with Crippen molar-refractivity contribution in [1.82, 2.24) is 4.90 Å². The van der Waals surface area contributed by atoms with Gasteiger partial charge < -0.3 is 19.7 Å². The van der Waals surface area contributed by atoms with Crippen LogP contribution in [0.25, 0.3) is 5.70 Å². The van der Waals surface area contributed by atoms with Crippen molar-refractivity contribution < 1.29 is 14.3 Å². The zero-order valence-electron chi connectivity index (χ0n) is 21.0. The van der Waals surface area contributed by atoms with Crippen LogP contribution in [0.5, 0.6) is 5.75 Å². The molecule has 0 aromatic heterocycles. The molecule has 2 aromatic carbocycles. The number of amidine groups is 1. The fraction of sp³-hybridized carbons (Fsp3) is 0.321. The standard InChI is InChI=1S/C28H34N4O3/c1-28(2,3)35-27(33)32-16-14-21(15-17-32)20-30-26(31-23-12-9-13-24(18-23)34-5)19-25(29-4)22-10-7-6-8-11-22/h6-14,18-19H,4,15-17,20H2,1-3,5H3,(H,30,31)/b25-19-. The number of carbonyl (C=O) groups is 1. The molecule has 1 aliphatic rings. The number of methoxy groups -OCH3 is 1. The monoisotopic (exact) mass is 474 g/mol. The minimum Gasteiger partial charge on any atom is -0.497 e. The van der Waals surface area contributed by atoms with E-state index in [9.17, 15) is 4.79 Å². The summed E-state index contributed by atoms with van der Waals surface area (Å²) in [5.74, 6) is 1.40. The molecule has 7 nitrogen and oxygen atoms in total. The third-order valence-corrected chi connectivity index (χ3v) is 5.26. The van der Waals surface area contributed by atoms with Crippen LogP contribution in [0.2, 0.25) is 0 Å². The summed E-state index contributed by atoms with van der Waals surface area (Å²) in [5, 5.41) is 3.37. The van der Waals surface area contributed by atoms with E-state index in [1.165, 1.54) is 0 Å². The summed E-state index contributed by atoms with van der Waals surface area (Å²) < 4.78 is 10.8. The van der Waals surface area contributed by atoms with Crippen LogP contribution in [-0.2, 0) is 4.74 Å². The van der Waals surface area contributed by atoms with Gasteiger partial charge in [-0.05, 0) is 51.6 Å². The number of ether oxygens (including phenoxy) is 2. The van der Waals surface area contributed by atoms with Crippen molar-refractivity contribution >= 4 is 30.0 Å². The van der Waals surface area contributed by atoms with Gasteiger partial charge in [-0.3, -0.25) is 9.98 Å². The first-order chi connectivity index (χ1) is 16.8. The Labute approximate surface area is 207 Å². The highest BCUT2D eigenvalue weighted by Gasteiger charge is 2.23. The lowest BCUT2D eigenvalue weighted by atomic mass is 10.1. The Balaban J connectivity index is 1.79. The Morgan fingerprint density at radius 1 is 1.17 bits per heavy atom. The quantitative estimate of drug-likeness (QED) is 0.312. The molecule has 0 aliphatic carbocycles. The number of hydrogen-bond donors (Lipinski definition) is 1. The van der Waals surface area contributed by atoms with Gasteiger partial charge in [0.2, 0.25) is 0 Å². The SMILES string of the molecule is C=N/C(=C\C(=N/CC1=CCN(C(=O)OC(C)(C)C)CC1)Nc1cccc(OC)c1)c1ccccc1. The molecular weight excluding hydrogens is 440 g/mol. The van der Waals surface area contributed by atoms with E-state index in [1.807, 2.05) is 87.5 Å². The van der Waals surface area contributed by atoms with Crippen LogP contribution in [0, 0.1) is 0 Å². The van der Waals surface area contributed by atoms with Gasteiger partial charge in [0.1, 0.15) is 17.2 Å². The van der Waals surface area contributed by atoms with E-state index in [4.69, 9.17) is 14.5 Å². The Morgan fingerprint density at radius 2 is 1.94 bits per heavy atom. The molecule has 0 fully saturated rings. The summed E-state index contributed by atoms with van der Waals surface area (Å²) in [5.41, 5.74) is 3.18. The van der Waals surface area contributed by atoms with Crippen LogP contribution in [0.3, 0.4) is 0 Å². The van der Waals surface area contributed by atoms with E-state index in [0.29, 0.717) is 31.2 Å². The van der Waals surface area contributed by atoms with Gasteiger partial charge in [0, 0.05) is 36.5 Å². The van der Waals surface area contributed by atoms with Crippen LogP contribution in [0.1, 0.15) is 32.8 Å². The lowest BCUT2D eigenvalue weighted by molar-refractivity contribution is 0.0266. The van der Waals surface area contributed by atoms with Gasteiger partial charge in [-0.15, -0.1) is 0 Å². The number of benzene rings is 2. The average molecular weight is 475 g/mol. The molecule has 1 heterocycles. The molecule has 35 heavy (non-hydrogen) atoms. The molecule has 0 saturated carbocycles. The van der Waals surface area contributed by atoms with Crippen LogP contribution in [0.4, 0.5) is 10.5 Å². The van der Waals surface area contributed by atoms with Crippen LogP contribution in [-0.4, -0.2) is 55.9 Å². The van der Waals surface area contributed by atoms with Crippen molar-refractivity contribution in [3.63, 3.8) is 0 Å². The Bertz CT molecular complexity index is 1110. The number of nitrogens with one attached hydrogen (secondary N) is 1. The van der Waals surface area contributed by atoms with E-state index in [-0.39, 0.29) is 6.09 Å². The minimum absolute atomic E-state index is 0.288. The number of carbonyl (C=O) groups excluding carboxylic acids is 1. The smallest absolute Gasteiger partial charge is 0.410 e. The molecule has 1 amide bonds. The summed E-state index contributed by atoms with van der Waals surface area (Å²) in [6, 6.07) is 17.5. The zero-order chi connectivity index (χ0) is 25.3. The number of nitrogens with zero attached hydrogens (tertiary/aromatic N) is 3. The van der Waals surface area contributed by atoms with Crippen molar-refractivity contribution in [2.24, 2.45) is 9.98 Å². The molecule has 1 N–H and O–H groups in total. The second-order valence-electron chi connectivity index (χ2n) is 9.15. The maximum Gasteiger partial charge on any atom is 0.410 e. The van der Waals surface area contributed by atoms with E-state index in [0.717, 1.165) is 29.0 Å². The Hall–Kier alpha value is -3.87. The maximum atomic E-state index is 12.3. The normalized spacial score (nSPS) is 14.7. The molecule has 7 heteroatoms. The molecular formula is C28H34N4O3. The van der Waals surface area contributed by atoms with Crippen molar-refractivity contribution in [2.75, 3.05) is 32.1 Å². The van der Waals surface area contributed by atoms with Crippen molar-refractivity contribution in [2.45, 2.75) is 32.8 Å². The van der Waals surface area contributed by atoms with E-state index >= 15 is 0 Å². The number of aliphatic imine (C=N–C) groups is 2. The van der Waals surface area contributed by atoms with Gasteiger partial charge in [0.05, 0.1) is 19.4 Å². The second kappa shape index (κ2) is 12.0. The number of rotatable bonds is 7. The largest absolute Gasteiger partial charge is 0.497 e. The average Bonchev–Trinajstić information content (AvgIpc) is 2.85. The topological polar surface area (TPSA) is 75.5 Å². The predicted octanol–water partition coefficient (Wildman–Crippen LogP) is 5.81. The number of amides is 1. The first-order valence-corrected chi connectivity index (χ1v) is 11.6. The molecule has 0 saturated heterocycles. The lowest BCUT2D eigenvalue weighted by Gasteiger charge is -2.29. The molecule has 0 bridgehead atoms. The van der Waals surface area contributed by atoms with E-state index in [2.05, 4.69) is 17.0 Å². The lowest BCUT2D eigenvalue weighted by Crippen LogP contribution is -2.39. The maximum absolute atomic E-state index is 12.3. The van der Waals surface area contributed by atoms with Gasteiger partial charge in [-0.2, -0.15) is 0 Å². The van der Waals surface area contributed by atoms with Gasteiger partial charge in [-0.25, -0.2) is 4.79 Å². The predicted molar refractivity (Wildman–Crippen MR) is 143 cm³/mol. The summed E-state index contributed by atoms with van der Waals surface area (Å²) in [6.45, 7) is 11.0. The highest BCUT2D eigenvalue weighted by atomic mass is 16.6. The molecule has 0 radical (unpaired) electrons. The van der Waals surface area contributed by atoms with Crippen molar-refractivity contribution in [3.05, 3.63) is 77.9 Å². The zero-order valence-corrected chi connectivity index (χ0v) is 21.0. The molecule has 2 aromatic rings. The molecule has 0 unspecified atom stereocenters. The van der Waals surface area contributed by atoms with Gasteiger partial charge >= 0.3 is 6.09 Å². The van der Waals surface area contributed by atoms with Crippen molar-refractivity contribution in [3.8, 4) is 5.75 Å². The van der Waals surface area contributed by atoms with Crippen LogP contribution >= 0.6 is 0 Å². The molecule has 184 valence electrons. The van der Waals surface area contributed by atoms with Crippen LogP contribution < -0.4 is 10.1 Å². The molecule has 1 aliphatic heterocycles. The fourth-order valence-electron chi connectivity index (χ4n) is 3.46. The summed E-state index contributed by atoms with van der Waals surface area (Å²) in [4.78, 5) is 23.1. The highest BCUT2D eigenvalue weighted by molar-refractivity contribution is 6.08. The summed E-state index contributed by atoms with van der Waals surface area (Å²) >= 11 is 0. The summed E-state index contributed by atoms with van der Waals surface area (Å²) in [7, 11) is 1.64. The van der Waals surface area contributed by atoms with Gasteiger partial charge in [0.15, 0.2) is 0 Å². The first-order valence-electron chi connectivity index (χ1n) is 11.6. The Kier molecular flexibility index (Phi) is 8.84. The third-order valence-electron chi connectivity index (χ3n) is 5.26. The van der Waals surface area contributed by atoms with Gasteiger partial charge in [0.25, 0.3) is 0 Å².